The van der Waals surface area contributed by atoms with Crippen molar-refractivity contribution in [1.29, 1.82) is 0 Å². The van der Waals surface area contributed by atoms with Crippen LogP contribution in [0, 0.1) is 0 Å². The number of carbonyl (C=O) groups excluding carboxylic acids is 2. The van der Waals surface area contributed by atoms with E-state index >= 15 is 0 Å². The Bertz CT molecular complexity index is 977. The van der Waals surface area contributed by atoms with Gasteiger partial charge in [0.15, 0.2) is 11.5 Å². The van der Waals surface area contributed by atoms with Crippen LogP contribution in [0.4, 0.5) is 0 Å². The first-order chi connectivity index (χ1) is 16.4. The monoisotopic (exact) mass is 468 g/mol. The molecule has 2 unspecified atom stereocenters. The normalized spacial score (nSPS) is 14.1. The van der Waals surface area contributed by atoms with Crippen molar-refractivity contribution >= 4 is 11.8 Å². The summed E-state index contributed by atoms with van der Waals surface area (Å²) in [6, 6.07) is 12.9. The van der Waals surface area contributed by atoms with Crippen molar-refractivity contribution in [3.8, 4) is 17.2 Å². The lowest BCUT2D eigenvalue weighted by molar-refractivity contribution is -0.141. The molecule has 7 heteroatoms. The van der Waals surface area contributed by atoms with Gasteiger partial charge in [0.2, 0.25) is 11.8 Å². The molecule has 184 valence electrons. The molecule has 1 N–H and O–H groups in total. The minimum atomic E-state index is -0.548. The molecule has 0 aliphatic carbocycles. The first-order valence-corrected chi connectivity index (χ1v) is 12.1. The van der Waals surface area contributed by atoms with Crippen molar-refractivity contribution in [2.75, 3.05) is 20.3 Å². The maximum absolute atomic E-state index is 13.5. The molecule has 2 amide bonds. The van der Waals surface area contributed by atoms with E-state index in [-0.39, 0.29) is 24.3 Å². The third-order valence-corrected chi connectivity index (χ3v) is 6.11. The summed E-state index contributed by atoms with van der Waals surface area (Å²) in [5, 5.41) is 3.04. The first-order valence-electron chi connectivity index (χ1n) is 12.1. The summed E-state index contributed by atoms with van der Waals surface area (Å²) in [6.07, 6.45) is 2.20. The van der Waals surface area contributed by atoms with Gasteiger partial charge in [0.25, 0.3) is 0 Å². The number of nitrogens with one attached hydrogen (secondary N) is 1. The predicted octanol–water partition coefficient (Wildman–Crippen LogP) is 4.12. The summed E-state index contributed by atoms with van der Waals surface area (Å²) < 4.78 is 16.6. The van der Waals surface area contributed by atoms with Gasteiger partial charge in [-0.2, -0.15) is 0 Å². The Hall–Kier alpha value is -3.22. The number of ether oxygens (including phenoxy) is 3. The van der Waals surface area contributed by atoms with Crippen molar-refractivity contribution in [3.63, 3.8) is 0 Å². The van der Waals surface area contributed by atoms with E-state index < -0.39 is 6.04 Å². The highest BCUT2D eigenvalue weighted by Crippen LogP contribution is 2.31. The van der Waals surface area contributed by atoms with Gasteiger partial charge >= 0.3 is 0 Å². The third kappa shape index (κ3) is 6.65. The van der Waals surface area contributed by atoms with Crippen molar-refractivity contribution < 1.29 is 23.8 Å². The smallest absolute Gasteiger partial charge is 0.243 e. The molecule has 0 bridgehead atoms. The molecule has 0 saturated carbocycles. The Morgan fingerprint density at radius 3 is 2.50 bits per heavy atom. The van der Waals surface area contributed by atoms with Crippen LogP contribution in [-0.2, 0) is 22.6 Å². The van der Waals surface area contributed by atoms with Gasteiger partial charge in [-0.05, 0) is 61.6 Å². The van der Waals surface area contributed by atoms with E-state index in [9.17, 15) is 9.59 Å². The van der Waals surface area contributed by atoms with Crippen LogP contribution >= 0.6 is 0 Å². The quantitative estimate of drug-likeness (QED) is 0.537. The van der Waals surface area contributed by atoms with E-state index in [1.807, 2.05) is 63.2 Å². The molecule has 1 aliphatic rings. The molecule has 0 radical (unpaired) electrons. The molecule has 1 heterocycles. The molecule has 34 heavy (non-hydrogen) atoms. The van der Waals surface area contributed by atoms with Gasteiger partial charge in [0.1, 0.15) is 25.0 Å². The Morgan fingerprint density at radius 2 is 1.79 bits per heavy atom. The molecule has 3 rings (SSSR count). The maximum Gasteiger partial charge on any atom is 0.243 e. The number of amides is 2. The Labute approximate surface area is 202 Å². The summed E-state index contributed by atoms with van der Waals surface area (Å²) in [5.74, 6) is 1.98. The Kier molecular flexibility index (Phi) is 9.19. The zero-order valence-corrected chi connectivity index (χ0v) is 20.6. The van der Waals surface area contributed by atoms with Gasteiger partial charge in [-0.1, -0.05) is 32.0 Å². The van der Waals surface area contributed by atoms with E-state index in [1.165, 1.54) is 0 Å². The number of hydrogen-bond acceptors (Lipinski definition) is 5. The molecule has 0 aromatic heterocycles. The lowest BCUT2D eigenvalue weighted by atomic mass is 10.0. The van der Waals surface area contributed by atoms with Crippen LogP contribution < -0.4 is 19.5 Å². The summed E-state index contributed by atoms with van der Waals surface area (Å²) in [5.41, 5.74) is 1.91. The second kappa shape index (κ2) is 12.3. The SMILES string of the molecule is CCC(C)NC(=O)C(CC)N(Cc1cccc(OC)c1)C(=O)CCc1ccc2c(c1)OCCO2. The van der Waals surface area contributed by atoms with Gasteiger partial charge in [0, 0.05) is 19.0 Å². The number of benzene rings is 2. The molecule has 1 aliphatic heterocycles. The van der Waals surface area contributed by atoms with E-state index in [2.05, 4.69) is 5.32 Å². The van der Waals surface area contributed by atoms with Gasteiger partial charge in [0.05, 0.1) is 7.11 Å². The van der Waals surface area contributed by atoms with Crippen LogP contribution in [0.1, 0.15) is 51.2 Å². The summed E-state index contributed by atoms with van der Waals surface area (Å²) in [7, 11) is 1.61. The van der Waals surface area contributed by atoms with Crippen molar-refractivity contribution in [2.45, 2.75) is 65.1 Å². The molecule has 0 fully saturated rings. The molecule has 7 nitrogen and oxygen atoms in total. The van der Waals surface area contributed by atoms with Gasteiger partial charge < -0.3 is 24.4 Å². The number of nitrogens with zero attached hydrogens (tertiary/aromatic N) is 1. The second-order valence-electron chi connectivity index (χ2n) is 8.59. The van der Waals surface area contributed by atoms with Crippen molar-refractivity contribution in [2.24, 2.45) is 0 Å². The van der Waals surface area contributed by atoms with Crippen LogP contribution in [0.25, 0.3) is 0 Å². The highest BCUT2D eigenvalue weighted by atomic mass is 16.6. The zero-order valence-electron chi connectivity index (χ0n) is 20.6. The summed E-state index contributed by atoms with van der Waals surface area (Å²) in [6.45, 7) is 7.34. The van der Waals surface area contributed by atoms with Crippen LogP contribution in [0.3, 0.4) is 0 Å². The maximum atomic E-state index is 13.5. The highest BCUT2D eigenvalue weighted by Gasteiger charge is 2.29. The number of hydrogen-bond donors (Lipinski definition) is 1. The Balaban J connectivity index is 1.77. The lowest BCUT2D eigenvalue weighted by Crippen LogP contribution is -2.50. The molecule has 0 spiro atoms. The average Bonchev–Trinajstić information content (AvgIpc) is 2.86. The minimum Gasteiger partial charge on any atom is -0.497 e. The van der Waals surface area contributed by atoms with Crippen LogP contribution in [-0.4, -0.2) is 49.1 Å². The third-order valence-electron chi connectivity index (χ3n) is 6.11. The first kappa shape index (κ1) is 25.4. The van der Waals surface area contributed by atoms with Crippen molar-refractivity contribution in [1.82, 2.24) is 10.2 Å². The largest absolute Gasteiger partial charge is 0.497 e. The average molecular weight is 469 g/mol. The second-order valence-corrected chi connectivity index (χ2v) is 8.59. The van der Waals surface area contributed by atoms with Crippen molar-refractivity contribution in [3.05, 3.63) is 53.6 Å². The standard InChI is InChI=1S/C27H36N2O5/c1-5-19(3)28-27(31)23(6-2)29(18-21-8-7-9-22(16-21)32-4)26(30)13-11-20-10-12-24-25(17-20)34-15-14-33-24/h7-10,12,16-17,19,23H,5-6,11,13-15,18H2,1-4H3,(H,28,31). The summed E-state index contributed by atoms with van der Waals surface area (Å²) in [4.78, 5) is 28.3. The molecular weight excluding hydrogens is 432 g/mol. The summed E-state index contributed by atoms with van der Waals surface area (Å²) >= 11 is 0. The number of fused-ring (bicyclic) bond motifs is 1. The molecule has 2 atom stereocenters. The van der Waals surface area contributed by atoms with Gasteiger partial charge in [-0.25, -0.2) is 0 Å². The number of aryl methyl sites for hydroxylation is 1. The predicted molar refractivity (Wildman–Crippen MR) is 131 cm³/mol. The van der Waals surface area contributed by atoms with Crippen LogP contribution in [0.15, 0.2) is 42.5 Å². The van der Waals surface area contributed by atoms with Crippen LogP contribution in [0.5, 0.6) is 17.2 Å². The lowest BCUT2D eigenvalue weighted by Gasteiger charge is -2.31. The van der Waals surface area contributed by atoms with E-state index in [1.54, 1.807) is 12.0 Å². The van der Waals surface area contributed by atoms with Crippen LogP contribution in [0.2, 0.25) is 0 Å². The number of rotatable bonds is 11. The molecule has 0 saturated heterocycles. The molecule has 2 aromatic carbocycles. The van der Waals surface area contributed by atoms with E-state index in [4.69, 9.17) is 14.2 Å². The number of methoxy groups -OCH3 is 1. The zero-order chi connectivity index (χ0) is 24.5. The molecular formula is C27H36N2O5. The fourth-order valence-electron chi connectivity index (χ4n) is 3.97. The topological polar surface area (TPSA) is 77.1 Å². The van der Waals surface area contributed by atoms with Gasteiger partial charge in [-0.3, -0.25) is 9.59 Å². The Morgan fingerprint density at radius 1 is 1.03 bits per heavy atom. The molecule has 2 aromatic rings. The fraction of sp³-hybridized carbons (Fsp3) is 0.481. The van der Waals surface area contributed by atoms with E-state index in [0.29, 0.717) is 38.3 Å². The number of carbonyl (C=O) groups is 2. The van der Waals surface area contributed by atoms with Gasteiger partial charge in [-0.15, -0.1) is 0 Å². The minimum absolute atomic E-state index is 0.0491. The fourth-order valence-corrected chi connectivity index (χ4v) is 3.97. The highest BCUT2D eigenvalue weighted by molar-refractivity contribution is 5.88. The van der Waals surface area contributed by atoms with E-state index in [0.717, 1.165) is 29.0 Å².